The Bertz CT molecular complexity index is 2090. The van der Waals surface area contributed by atoms with Gasteiger partial charge in [0.1, 0.15) is 0 Å². The molecule has 5 nitrogen and oxygen atoms in total. The number of aryl methyl sites for hydroxylation is 1. The number of rotatable bonds is 6. The zero-order valence-corrected chi connectivity index (χ0v) is 30.7. The molecule has 0 aliphatic carbocycles. The maximum absolute atomic E-state index is 6.56. The van der Waals surface area contributed by atoms with Crippen LogP contribution in [-0.4, -0.2) is 14.5 Å². The van der Waals surface area contributed by atoms with Gasteiger partial charge in [-0.2, -0.15) is 0 Å². The van der Waals surface area contributed by atoms with Gasteiger partial charge in [-0.3, -0.25) is 0 Å². The summed E-state index contributed by atoms with van der Waals surface area (Å²) in [6.45, 7) is 17.4. The van der Waals surface area contributed by atoms with Gasteiger partial charge in [0.2, 0.25) is 0 Å². The minimum absolute atomic E-state index is 0. The van der Waals surface area contributed by atoms with Gasteiger partial charge in [0.15, 0.2) is 0 Å². The van der Waals surface area contributed by atoms with Gasteiger partial charge in [0.25, 0.3) is 0 Å². The van der Waals surface area contributed by atoms with Crippen LogP contribution in [0.3, 0.4) is 0 Å². The number of benzene rings is 4. The minimum atomic E-state index is -0.176. The predicted octanol–water partition coefficient (Wildman–Crippen LogP) is 10.4. The van der Waals surface area contributed by atoms with Gasteiger partial charge in [0.05, 0.1) is 0 Å². The molecule has 48 heavy (non-hydrogen) atoms. The molecule has 0 atom stereocenters. The molecular formula is C42H39N4OPt-3. The summed E-state index contributed by atoms with van der Waals surface area (Å²) in [5.74, 6) is 2.19. The van der Waals surface area contributed by atoms with Crippen molar-refractivity contribution in [3.05, 3.63) is 150 Å². The Morgan fingerprint density at radius 2 is 1.48 bits per heavy atom. The molecule has 246 valence electrons. The second-order valence-electron chi connectivity index (χ2n) is 13.8. The number of ether oxygens (including phenoxy) is 1. The van der Waals surface area contributed by atoms with E-state index >= 15 is 0 Å². The van der Waals surface area contributed by atoms with Gasteiger partial charge in [-0.05, 0) is 59.2 Å². The first kappa shape index (κ1) is 33.3. The average Bonchev–Trinajstić information content (AvgIpc) is 3.37. The van der Waals surface area contributed by atoms with Crippen molar-refractivity contribution in [1.82, 2.24) is 14.5 Å². The molecule has 0 unspecified atom stereocenters. The molecule has 6 heteroatoms. The Hall–Kier alpha value is -4.60. The van der Waals surface area contributed by atoms with Crippen LogP contribution in [0.25, 0.3) is 22.6 Å². The van der Waals surface area contributed by atoms with Gasteiger partial charge in [-0.1, -0.05) is 114 Å². The van der Waals surface area contributed by atoms with Crippen molar-refractivity contribution in [2.45, 2.75) is 59.3 Å². The van der Waals surface area contributed by atoms with E-state index < -0.39 is 0 Å². The van der Waals surface area contributed by atoms with Crippen LogP contribution in [0.5, 0.6) is 11.5 Å². The molecule has 0 radical (unpaired) electrons. The van der Waals surface area contributed by atoms with Crippen LogP contribution in [0.1, 0.15) is 62.7 Å². The fraction of sp³-hybridized carbons (Fsp3) is 0.214. The number of nitrogens with zero attached hydrogens (tertiary/aromatic N) is 4. The number of para-hydroxylation sites is 1. The van der Waals surface area contributed by atoms with Crippen molar-refractivity contribution in [3.63, 3.8) is 0 Å². The van der Waals surface area contributed by atoms with Crippen LogP contribution in [0, 0.1) is 32.6 Å². The summed E-state index contributed by atoms with van der Waals surface area (Å²) in [5.41, 5.74) is 10.2. The number of hydrogen-bond donors (Lipinski definition) is 0. The van der Waals surface area contributed by atoms with Crippen LogP contribution in [0.4, 0.5) is 11.4 Å². The predicted molar refractivity (Wildman–Crippen MR) is 190 cm³/mol. The Balaban J connectivity index is 0.00000401. The summed E-state index contributed by atoms with van der Waals surface area (Å²) in [6.07, 6.45) is 1.88. The molecular weight excluding hydrogens is 772 g/mol. The summed E-state index contributed by atoms with van der Waals surface area (Å²) in [6, 6.07) is 40.5. The number of pyridine rings is 1. The normalized spacial score (nSPS) is 12.4. The molecule has 0 N–H and O–H groups in total. The fourth-order valence-electron chi connectivity index (χ4n) is 6.11. The van der Waals surface area contributed by atoms with Crippen molar-refractivity contribution >= 4 is 11.4 Å². The molecule has 0 fully saturated rings. The van der Waals surface area contributed by atoms with Gasteiger partial charge < -0.3 is 24.2 Å². The Morgan fingerprint density at radius 1 is 0.729 bits per heavy atom. The number of fused-ring (bicyclic) bond motifs is 3. The first-order valence-electron chi connectivity index (χ1n) is 16.1. The molecule has 2 aromatic heterocycles. The van der Waals surface area contributed by atoms with E-state index in [-0.39, 0.29) is 31.9 Å². The van der Waals surface area contributed by atoms with Gasteiger partial charge in [0, 0.05) is 55.7 Å². The Kier molecular flexibility index (Phi) is 8.87. The first-order valence-corrected chi connectivity index (χ1v) is 16.1. The number of aromatic nitrogens is 3. The van der Waals surface area contributed by atoms with Crippen LogP contribution >= 0.6 is 0 Å². The van der Waals surface area contributed by atoms with E-state index in [1.54, 1.807) is 0 Å². The summed E-state index contributed by atoms with van der Waals surface area (Å²) in [4.78, 5) is 11.8. The Morgan fingerprint density at radius 3 is 2.25 bits per heavy atom. The standard InChI is InChI=1S/C42H39N4O.Pt/c1-28-29(2)45-27-46(39-19-12-11-18-37(39)40(45)44-28)34-23-33(41(3,4)5)24-36(26-34)47-35-17-13-14-30(22-35)38-25-32(20-21-43-38)42(6,7)31-15-9-8-10-16-31;/h8-21,23-25,27H,1-7H3;/q-3;. The van der Waals surface area contributed by atoms with Crippen LogP contribution in [0.2, 0.25) is 0 Å². The third-order valence-corrected chi connectivity index (χ3v) is 9.22. The zero-order chi connectivity index (χ0) is 32.9. The van der Waals surface area contributed by atoms with E-state index in [0.29, 0.717) is 11.5 Å². The molecule has 0 saturated heterocycles. The smallest absolute Gasteiger partial charge is 0.0421 e. The largest absolute Gasteiger partial charge is 0.503 e. The third kappa shape index (κ3) is 6.20. The third-order valence-electron chi connectivity index (χ3n) is 9.22. The van der Waals surface area contributed by atoms with E-state index in [1.165, 1.54) is 11.1 Å². The second-order valence-corrected chi connectivity index (χ2v) is 13.8. The summed E-state index contributed by atoms with van der Waals surface area (Å²) in [7, 11) is 0. The minimum Gasteiger partial charge on any atom is -0.503 e. The fourth-order valence-corrected chi connectivity index (χ4v) is 6.11. The molecule has 4 aromatic carbocycles. The first-order chi connectivity index (χ1) is 22.5. The van der Waals surface area contributed by atoms with E-state index in [4.69, 9.17) is 14.7 Å². The monoisotopic (exact) mass is 810 g/mol. The van der Waals surface area contributed by atoms with Crippen LogP contribution < -0.4 is 9.64 Å². The van der Waals surface area contributed by atoms with Gasteiger partial charge in [-0.15, -0.1) is 47.5 Å². The molecule has 0 amide bonds. The van der Waals surface area contributed by atoms with Crippen molar-refractivity contribution in [2.75, 3.05) is 4.90 Å². The molecule has 0 bridgehead atoms. The SMILES string of the molecule is Cc1nc2n(c1C)[CH-]N(c1[c-]c(Oc3[c-]c(-c4cc(C(C)(C)c5ccccc5)ccn4)ccc3)cc(C(C)(C)C)c1)c1ccccc1-2.[Pt]. The number of imidazole rings is 1. The summed E-state index contributed by atoms with van der Waals surface area (Å²) >= 11 is 0. The molecule has 7 rings (SSSR count). The molecule has 6 aromatic rings. The van der Waals surface area contributed by atoms with Crippen LogP contribution in [-0.2, 0) is 31.9 Å². The van der Waals surface area contributed by atoms with Crippen molar-refractivity contribution in [1.29, 1.82) is 0 Å². The van der Waals surface area contributed by atoms with Gasteiger partial charge in [-0.25, -0.2) is 0 Å². The average molecular weight is 811 g/mol. The van der Waals surface area contributed by atoms with Gasteiger partial charge >= 0.3 is 0 Å². The zero-order valence-electron chi connectivity index (χ0n) is 28.4. The van der Waals surface area contributed by atoms with Crippen molar-refractivity contribution in [3.8, 4) is 34.1 Å². The van der Waals surface area contributed by atoms with Crippen molar-refractivity contribution in [2.24, 2.45) is 0 Å². The molecule has 1 aliphatic rings. The van der Waals surface area contributed by atoms with E-state index in [0.717, 1.165) is 51.0 Å². The van der Waals surface area contributed by atoms with E-state index in [1.807, 2.05) is 24.4 Å². The Labute approximate surface area is 298 Å². The maximum atomic E-state index is 6.56. The topological polar surface area (TPSA) is 43.2 Å². The van der Waals surface area contributed by atoms with Crippen molar-refractivity contribution < 1.29 is 25.8 Å². The second kappa shape index (κ2) is 12.8. The molecule has 0 spiro atoms. The summed E-state index contributed by atoms with van der Waals surface area (Å²) < 4.78 is 8.72. The van der Waals surface area contributed by atoms with E-state index in [2.05, 4.69) is 156 Å². The van der Waals surface area contributed by atoms with Crippen LogP contribution in [0.15, 0.2) is 103 Å². The quantitative estimate of drug-likeness (QED) is 0.157. The summed E-state index contributed by atoms with van der Waals surface area (Å²) in [5, 5.41) is 0. The number of anilines is 2. The number of hydrogen-bond acceptors (Lipinski definition) is 4. The molecule has 0 saturated carbocycles. The van der Waals surface area contributed by atoms with E-state index in [9.17, 15) is 0 Å². The molecule has 3 heterocycles. The maximum Gasteiger partial charge on any atom is 0.0421 e. The molecule has 1 aliphatic heterocycles.